The summed E-state index contributed by atoms with van der Waals surface area (Å²) < 4.78 is 25.8. The Labute approximate surface area is 198 Å². The van der Waals surface area contributed by atoms with Crippen molar-refractivity contribution in [1.82, 2.24) is 19.2 Å². The van der Waals surface area contributed by atoms with Gasteiger partial charge in [-0.3, -0.25) is 9.59 Å². The van der Waals surface area contributed by atoms with Crippen LogP contribution in [0.3, 0.4) is 0 Å². The van der Waals surface area contributed by atoms with E-state index in [1.54, 1.807) is 6.92 Å². The molecule has 2 aromatic rings. The molecule has 4 rings (SSSR count). The number of carbonyl (C=O) groups is 2. The molecular weight excluding hydrogens is 462 g/mol. The Kier molecular flexibility index (Phi) is 6.08. The van der Waals surface area contributed by atoms with Crippen LogP contribution in [0.5, 0.6) is 0 Å². The van der Waals surface area contributed by atoms with Crippen molar-refractivity contribution >= 4 is 38.3 Å². The van der Waals surface area contributed by atoms with Crippen molar-refractivity contribution in [3.63, 3.8) is 0 Å². The predicted octanol–water partition coefficient (Wildman–Crippen LogP) is 3.18. The van der Waals surface area contributed by atoms with Crippen molar-refractivity contribution in [3.05, 3.63) is 28.6 Å². The summed E-state index contributed by atoms with van der Waals surface area (Å²) in [5.41, 5.74) is 3.12. The minimum Gasteiger partial charge on any atom is -0.331 e. The number of pyridine rings is 1. The molecule has 1 aliphatic heterocycles. The zero-order valence-electron chi connectivity index (χ0n) is 19.7. The van der Waals surface area contributed by atoms with Gasteiger partial charge in [0.05, 0.1) is 39.8 Å². The van der Waals surface area contributed by atoms with Crippen LogP contribution in [0.25, 0.3) is 10.6 Å². The summed E-state index contributed by atoms with van der Waals surface area (Å²) in [4.78, 5) is 36.8. The van der Waals surface area contributed by atoms with Gasteiger partial charge in [-0.2, -0.15) is 4.31 Å². The fourth-order valence-corrected chi connectivity index (χ4v) is 5.92. The quantitative estimate of drug-likeness (QED) is 0.637. The Morgan fingerprint density at radius 3 is 2.55 bits per heavy atom. The Morgan fingerprint density at radius 1 is 1.30 bits per heavy atom. The van der Waals surface area contributed by atoms with Crippen LogP contribution in [-0.4, -0.2) is 58.8 Å². The molecule has 1 aliphatic carbocycles. The molecule has 1 saturated carbocycles. The van der Waals surface area contributed by atoms with E-state index in [-0.39, 0.29) is 17.9 Å². The number of nitrogens with one attached hydrogen (secondary N) is 1. The number of amides is 2. The summed E-state index contributed by atoms with van der Waals surface area (Å²) in [7, 11) is -2.00. The van der Waals surface area contributed by atoms with E-state index in [9.17, 15) is 18.0 Å². The largest absolute Gasteiger partial charge is 0.331 e. The molecule has 2 atom stereocenters. The molecule has 1 fully saturated rings. The van der Waals surface area contributed by atoms with Crippen LogP contribution in [0.15, 0.2) is 6.07 Å². The fraction of sp³-hybridized carbons (Fsp3) is 0.545. The maximum Gasteiger partial charge on any atom is 0.256 e. The van der Waals surface area contributed by atoms with E-state index in [1.807, 2.05) is 17.9 Å². The number of aromatic nitrogens is 2. The zero-order valence-corrected chi connectivity index (χ0v) is 21.3. The number of anilines is 1. The Balaban J connectivity index is 1.83. The first-order valence-corrected chi connectivity index (χ1v) is 13.6. The van der Waals surface area contributed by atoms with Crippen LogP contribution in [0.2, 0.25) is 0 Å². The van der Waals surface area contributed by atoms with Gasteiger partial charge in [0, 0.05) is 26.6 Å². The van der Waals surface area contributed by atoms with Crippen LogP contribution in [0.1, 0.15) is 67.0 Å². The van der Waals surface area contributed by atoms with Crippen molar-refractivity contribution in [2.24, 2.45) is 5.92 Å². The van der Waals surface area contributed by atoms with Crippen molar-refractivity contribution in [1.29, 1.82) is 0 Å². The van der Waals surface area contributed by atoms with Crippen molar-refractivity contribution in [3.8, 4) is 10.6 Å². The molecule has 0 spiro atoms. The number of nitrogens with zero attached hydrogens (tertiary/aromatic N) is 4. The van der Waals surface area contributed by atoms with Gasteiger partial charge >= 0.3 is 0 Å². The average molecular weight is 492 g/mol. The highest BCUT2D eigenvalue weighted by Gasteiger charge is 2.41. The Hall–Kier alpha value is -2.37. The second-order valence-corrected chi connectivity index (χ2v) is 12.0. The monoisotopic (exact) mass is 491 g/mol. The Morgan fingerprint density at radius 2 is 1.97 bits per heavy atom. The van der Waals surface area contributed by atoms with Gasteiger partial charge < -0.3 is 10.2 Å². The maximum absolute atomic E-state index is 13.5. The summed E-state index contributed by atoms with van der Waals surface area (Å²) in [6.45, 7) is 7.56. The summed E-state index contributed by atoms with van der Waals surface area (Å²) in [6, 6.07) is 1.40. The number of aryl methyl sites for hydroxylation is 1. The summed E-state index contributed by atoms with van der Waals surface area (Å²) in [6.07, 6.45) is 3.39. The van der Waals surface area contributed by atoms with Gasteiger partial charge in [0.25, 0.3) is 5.91 Å². The zero-order chi connectivity index (χ0) is 24.2. The normalized spacial score (nSPS) is 17.9. The fourth-order valence-electron chi connectivity index (χ4n) is 4.27. The van der Waals surface area contributed by atoms with Crippen LogP contribution in [0.4, 0.5) is 5.13 Å². The lowest BCUT2D eigenvalue weighted by Gasteiger charge is -2.25. The number of hydrogen-bond acceptors (Lipinski definition) is 7. The van der Waals surface area contributed by atoms with E-state index in [0.717, 1.165) is 29.5 Å². The highest BCUT2D eigenvalue weighted by Crippen LogP contribution is 2.41. The first-order chi connectivity index (χ1) is 15.4. The van der Waals surface area contributed by atoms with E-state index in [0.29, 0.717) is 40.2 Å². The van der Waals surface area contributed by atoms with Crippen molar-refractivity contribution in [2.75, 3.05) is 18.6 Å². The van der Waals surface area contributed by atoms with Gasteiger partial charge in [-0.15, -0.1) is 0 Å². The third-order valence-electron chi connectivity index (χ3n) is 6.52. The van der Waals surface area contributed by atoms with Crippen LogP contribution in [0, 0.1) is 12.8 Å². The average Bonchev–Trinajstić information content (AvgIpc) is 3.44. The highest BCUT2D eigenvalue weighted by molar-refractivity contribution is 7.88. The van der Waals surface area contributed by atoms with Gasteiger partial charge in [0.2, 0.25) is 15.9 Å². The number of sulfonamides is 1. The second kappa shape index (κ2) is 8.44. The maximum atomic E-state index is 13.5. The Bertz CT molecular complexity index is 1240. The van der Waals surface area contributed by atoms with Gasteiger partial charge in [0.1, 0.15) is 0 Å². The number of rotatable bonds is 7. The molecule has 0 aromatic carbocycles. The first kappa shape index (κ1) is 23.8. The highest BCUT2D eigenvalue weighted by atomic mass is 32.2. The molecule has 2 aliphatic rings. The molecule has 9 nitrogen and oxygen atoms in total. The van der Waals surface area contributed by atoms with Gasteiger partial charge in [-0.25, -0.2) is 18.4 Å². The summed E-state index contributed by atoms with van der Waals surface area (Å²) in [5.74, 6) is 0.211. The molecular formula is C22H29N5O4S2. The molecule has 1 N–H and O–H groups in total. The number of carbonyl (C=O) groups excluding carboxylic acids is 2. The predicted molar refractivity (Wildman–Crippen MR) is 127 cm³/mol. The minimum absolute atomic E-state index is 0.0906. The molecule has 3 heterocycles. The summed E-state index contributed by atoms with van der Waals surface area (Å²) in [5, 5.41) is 3.18. The number of thiazole rings is 1. The lowest BCUT2D eigenvalue weighted by Crippen LogP contribution is -2.35. The molecule has 11 heteroatoms. The molecule has 0 bridgehead atoms. The molecule has 178 valence electrons. The molecule has 1 unspecified atom stereocenters. The summed E-state index contributed by atoms with van der Waals surface area (Å²) >= 11 is 1.31. The molecule has 2 amide bonds. The number of hydrogen-bond donors (Lipinski definition) is 1. The van der Waals surface area contributed by atoms with E-state index in [2.05, 4.69) is 17.2 Å². The smallest absolute Gasteiger partial charge is 0.256 e. The van der Waals surface area contributed by atoms with Crippen LogP contribution in [-0.2, 0) is 21.4 Å². The van der Waals surface area contributed by atoms with E-state index in [1.165, 1.54) is 29.6 Å². The lowest BCUT2D eigenvalue weighted by molar-refractivity contribution is -0.114. The molecule has 2 aromatic heterocycles. The van der Waals surface area contributed by atoms with Crippen molar-refractivity contribution in [2.45, 2.75) is 59.2 Å². The van der Waals surface area contributed by atoms with E-state index < -0.39 is 16.1 Å². The molecule has 0 saturated heterocycles. The topological polar surface area (TPSA) is 113 Å². The van der Waals surface area contributed by atoms with Crippen LogP contribution < -0.4 is 5.32 Å². The third kappa shape index (κ3) is 4.53. The number of fused-ring (bicyclic) bond motifs is 1. The van der Waals surface area contributed by atoms with Gasteiger partial charge in [-0.05, 0) is 51.2 Å². The second-order valence-electron chi connectivity index (χ2n) is 9.01. The van der Waals surface area contributed by atoms with Gasteiger partial charge in [-0.1, -0.05) is 11.3 Å². The SMILES string of the molecule is CC(=O)Nc1nc(C)c(-c2cc3c(c(C(C)N(C)S(C)(=O)=O)n2)C(=O)N([C@@H](C)C2CC2)C3)s1. The third-order valence-corrected chi connectivity index (χ3v) is 8.97. The van der Waals surface area contributed by atoms with Crippen molar-refractivity contribution < 1.29 is 18.0 Å². The van der Waals surface area contributed by atoms with E-state index in [4.69, 9.17) is 4.98 Å². The minimum atomic E-state index is -3.50. The standard InChI is InChI=1S/C22H29N5O4S2/c1-11-20(32-22(23-11)24-14(4)28)17-9-16-10-27(12(2)15-7-8-15)21(29)18(16)19(25-17)13(3)26(5)33(6,30)31/h9,12-13,15H,7-8,10H2,1-6H3,(H,23,24,28)/t12-,13?/m0/s1. The van der Waals surface area contributed by atoms with Gasteiger partial charge in [0.15, 0.2) is 5.13 Å². The molecule has 0 radical (unpaired) electrons. The molecule has 33 heavy (non-hydrogen) atoms. The lowest BCUT2D eigenvalue weighted by atomic mass is 10.0. The van der Waals surface area contributed by atoms with E-state index >= 15 is 0 Å². The first-order valence-electron chi connectivity index (χ1n) is 10.9. The van der Waals surface area contributed by atoms with Crippen LogP contribution >= 0.6 is 11.3 Å².